The van der Waals surface area contributed by atoms with Gasteiger partial charge in [-0.25, -0.2) is 4.79 Å². The van der Waals surface area contributed by atoms with Gasteiger partial charge >= 0.3 is 6.03 Å². The van der Waals surface area contributed by atoms with Crippen LogP contribution in [0.15, 0.2) is 96.6 Å². The Morgan fingerprint density at radius 2 is 1.40 bits per heavy atom. The molecule has 0 atom stereocenters. The molecule has 1 aliphatic rings. The number of carbonyl (C=O) groups is 3. The molecule has 0 unspecified atom stereocenters. The van der Waals surface area contributed by atoms with Crippen molar-refractivity contribution in [2.24, 2.45) is 0 Å². The van der Waals surface area contributed by atoms with E-state index in [2.05, 4.69) is 9.88 Å². The van der Waals surface area contributed by atoms with E-state index < -0.39 is 17.8 Å². The third-order valence-corrected chi connectivity index (χ3v) is 6.09. The number of nitrogens with zero attached hydrogens (tertiary/aromatic N) is 2. The van der Waals surface area contributed by atoms with Gasteiger partial charge in [0, 0.05) is 23.3 Å². The van der Waals surface area contributed by atoms with E-state index in [9.17, 15) is 14.4 Å². The number of urea groups is 1. The summed E-state index contributed by atoms with van der Waals surface area (Å²) < 4.78 is 2.08. The minimum absolute atomic E-state index is 0.114. The van der Waals surface area contributed by atoms with Gasteiger partial charge in [-0.3, -0.25) is 19.8 Å². The molecule has 35 heavy (non-hydrogen) atoms. The van der Waals surface area contributed by atoms with Crippen molar-refractivity contribution in [3.05, 3.63) is 107 Å². The summed E-state index contributed by atoms with van der Waals surface area (Å²) >= 11 is 6.17. The molecular weight excluding hydrogens is 462 g/mol. The number of benzene rings is 3. The number of hydrogen-bond donors (Lipinski definition) is 1. The van der Waals surface area contributed by atoms with Crippen LogP contribution in [0.2, 0.25) is 5.02 Å². The van der Waals surface area contributed by atoms with Crippen molar-refractivity contribution in [1.29, 1.82) is 0 Å². The van der Waals surface area contributed by atoms with Crippen molar-refractivity contribution < 1.29 is 14.4 Å². The lowest BCUT2D eigenvalue weighted by atomic mass is 10.0. The van der Waals surface area contributed by atoms with Crippen LogP contribution in [-0.2, 0) is 9.59 Å². The molecule has 5 rings (SSSR count). The maximum atomic E-state index is 12.8. The second-order valence-electron chi connectivity index (χ2n) is 8.06. The normalized spacial score (nSPS) is 15.0. The molecule has 6 nitrogen and oxygen atoms in total. The zero-order chi connectivity index (χ0) is 24.5. The number of amides is 4. The Bertz CT molecular complexity index is 1470. The van der Waals surface area contributed by atoms with Crippen molar-refractivity contribution in [1.82, 2.24) is 14.8 Å². The van der Waals surface area contributed by atoms with Crippen LogP contribution in [-0.4, -0.2) is 34.4 Å². The minimum Gasteiger partial charge on any atom is -0.309 e. The van der Waals surface area contributed by atoms with Gasteiger partial charge in [0.1, 0.15) is 5.57 Å². The van der Waals surface area contributed by atoms with Crippen LogP contribution >= 0.6 is 11.6 Å². The van der Waals surface area contributed by atoms with Crippen LogP contribution < -0.4 is 5.32 Å². The number of rotatable bonds is 4. The Labute approximate surface area is 207 Å². The van der Waals surface area contributed by atoms with Crippen LogP contribution in [0.25, 0.3) is 34.3 Å². The van der Waals surface area contributed by atoms with E-state index in [0.29, 0.717) is 10.6 Å². The van der Waals surface area contributed by atoms with E-state index in [1.165, 1.54) is 7.05 Å². The largest absolute Gasteiger partial charge is 0.331 e. The first-order chi connectivity index (χ1) is 16.9. The first kappa shape index (κ1) is 22.4. The van der Waals surface area contributed by atoms with E-state index in [1.807, 2.05) is 91.0 Å². The van der Waals surface area contributed by atoms with Crippen molar-refractivity contribution in [3.8, 4) is 28.2 Å². The number of carbonyl (C=O) groups excluding carboxylic acids is 3. The first-order valence-corrected chi connectivity index (χ1v) is 11.3. The standard InChI is InChI=1S/C28H20ClN3O3/c1-31-27(34)23(26(33)30-28(31)35)16-20-17-24(18-8-4-2-5-9-18)32(22-14-12-21(29)13-15-22)25(20)19-10-6-3-7-11-19/h2-17H,1H3,(H,30,33,35)/b23-16+. The fourth-order valence-corrected chi connectivity index (χ4v) is 4.24. The number of halogens is 1. The predicted molar refractivity (Wildman–Crippen MR) is 136 cm³/mol. The average molecular weight is 482 g/mol. The zero-order valence-corrected chi connectivity index (χ0v) is 19.5. The third kappa shape index (κ3) is 4.16. The van der Waals surface area contributed by atoms with Gasteiger partial charge in [0.05, 0.1) is 11.4 Å². The molecule has 1 aliphatic heterocycles. The molecule has 0 spiro atoms. The van der Waals surface area contributed by atoms with Crippen molar-refractivity contribution >= 4 is 35.5 Å². The number of imide groups is 2. The van der Waals surface area contributed by atoms with E-state index in [-0.39, 0.29) is 5.57 Å². The number of aromatic nitrogens is 1. The quantitative estimate of drug-likeness (QED) is 0.306. The highest BCUT2D eigenvalue weighted by atomic mass is 35.5. The number of hydrogen-bond acceptors (Lipinski definition) is 3. The lowest BCUT2D eigenvalue weighted by Crippen LogP contribution is -2.52. The molecule has 7 heteroatoms. The lowest BCUT2D eigenvalue weighted by molar-refractivity contribution is -0.129. The molecule has 172 valence electrons. The van der Waals surface area contributed by atoms with Crippen LogP contribution in [0.4, 0.5) is 4.79 Å². The highest BCUT2D eigenvalue weighted by molar-refractivity contribution is 6.31. The molecule has 1 saturated heterocycles. The van der Waals surface area contributed by atoms with E-state index in [4.69, 9.17) is 11.6 Å². The van der Waals surface area contributed by atoms with E-state index >= 15 is 0 Å². The Morgan fingerprint density at radius 1 is 0.800 bits per heavy atom. The molecule has 1 aromatic heterocycles. The highest BCUT2D eigenvalue weighted by Crippen LogP contribution is 2.37. The highest BCUT2D eigenvalue weighted by Gasteiger charge is 2.33. The fourth-order valence-electron chi connectivity index (χ4n) is 4.11. The molecule has 0 radical (unpaired) electrons. The van der Waals surface area contributed by atoms with Crippen molar-refractivity contribution in [2.75, 3.05) is 7.05 Å². The molecule has 1 fully saturated rings. The Balaban J connectivity index is 1.83. The van der Waals surface area contributed by atoms with Gasteiger partial charge in [-0.2, -0.15) is 0 Å². The summed E-state index contributed by atoms with van der Waals surface area (Å²) in [5.74, 6) is -1.38. The summed E-state index contributed by atoms with van der Waals surface area (Å²) in [7, 11) is 1.34. The van der Waals surface area contributed by atoms with E-state index in [1.54, 1.807) is 6.08 Å². The second kappa shape index (κ2) is 9.08. The Kier molecular flexibility index (Phi) is 5.81. The maximum absolute atomic E-state index is 12.8. The van der Waals surface area contributed by atoms with Gasteiger partial charge in [0.15, 0.2) is 0 Å². The topological polar surface area (TPSA) is 71.4 Å². The van der Waals surface area contributed by atoms with Crippen molar-refractivity contribution in [3.63, 3.8) is 0 Å². The minimum atomic E-state index is -0.746. The third-order valence-electron chi connectivity index (χ3n) is 5.84. The van der Waals surface area contributed by atoms with Gasteiger partial charge in [-0.05, 0) is 47.5 Å². The summed E-state index contributed by atoms with van der Waals surface area (Å²) in [5.41, 5.74) is 4.92. The first-order valence-electron chi connectivity index (χ1n) is 10.9. The molecule has 1 N–H and O–H groups in total. The molecule has 4 amide bonds. The molecular formula is C28H20ClN3O3. The second-order valence-corrected chi connectivity index (χ2v) is 8.50. The maximum Gasteiger partial charge on any atom is 0.331 e. The lowest BCUT2D eigenvalue weighted by Gasteiger charge is -2.22. The SMILES string of the molecule is CN1C(=O)NC(=O)/C(=C\c2cc(-c3ccccc3)n(-c3ccc(Cl)cc3)c2-c2ccccc2)C1=O. The monoisotopic (exact) mass is 481 g/mol. The summed E-state index contributed by atoms with van der Waals surface area (Å²) in [6.45, 7) is 0. The molecule has 0 aliphatic carbocycles. The summed E-state index contributed by atoms with van der Waals surface area (Å²) in [5, 5.41) is 2.83. The summed E-state index contributed by atoms with van der Waals surface area (Å²) in [6.07, 6.45) is 1.54. The predicted octanol–water partition coefficient (Wildman–Crippen LogP) is 5.56. The van der Waals surface area contributed by atoms with Gasteiger partial charge < -0.3 is 4.57 Å². The zero-order valence-electron chi connectivity index (χ0n) is 18.7. The number of likely N-dealkylation sites (N-methyl/N-ethyl adjacent to an activating group) is 1. The van der Waals surface area contributed by atoms with Gasteiger partial charge in [-0.15, -0.1) is 0 Å². The molecule has 0 bridgehead atoms. The van der Waals surface area contributed by atoms with E-state index in [0.717, 1.165) is 33.1 Å². The molecule has 2 heterocycles. The van der Waals surface area contributed by atoms with Crippen LogP contribution in [0.5, 0.6) is 0 Å². The van der Waals surface area contributed by atoms with Crippen LogP contribution in [0.1, 0.15) is 5.56 Å². The number of nitrogens with one attached hydrogen (secondary N) is 1. The van der Waals surface area contributed by atoms with Crippen LogP contribution in [0, 0.1) is 0 Å². The summed E-state index contributed by atoms with van der Waals surface area (Å²) in [4.78, 5) is 38.2. The molecule has 3 aromatic carbocycles. The fraction of sp³-hybridized carbons (Fsp3) is 0.0357. The average Bonchev–Trinajstić information content (AvgIpc) is 3.26. The Hall–Kier alpha value is -4.42. The molecule has 4 aromatic rings. The van der Waals surface area contributed by atoms with Gasteiger partial charge in [-0.1, -0.05) is 72.3 Å². The Morgan fingerprint density at radius 3 is 2.03 bits per heavy atom. The number of barbiturate groups is 1. The van der Waals surface area contributed by atoms with Gasteiger partial charge in [0.25, 0.3) is 11.8 Å². The van der Waals surface area contributed by atoms with Crippen LogP contribution in [0.3, 0.4) is 0 Å². The van der Waals surface area contributed by atoms with Crippen molar-refractivity contribution in [2.45, 2.75) is 0 Å². The molecule has 0 saturated carbocycles. The smallest absolute Gasteiger partial charge is 0.309 e. The van der Waals surface area contributed by atoms with Gasteiger partial charge in [0.2, 0.25) is 0 Å². The summed E-state index contributed by atoms with van der Waals surface area (Å²) in [6, 6.07) is 28.2.